The first kappa shape index (κ1) is 20.3. The van der Waals surface area contributed by atoms with Crippen molar-refractivity contribution < 1.29 is 17.9 Å². The van der Waals surface area contributed by atoms with Crippen LogP contribution in [0.15, 0.2) is 41.4 Å². The van der Waals surface area contributed by atoms with Crippen LogP contribution in [0.3, 0.4) is 0 Å². The van der Waals surface area contributed by atoms with Crippen LogP contribution in [0.2, 0.25) is 0 Å². The number of piperazine rings is 1. The van der Waals surface area contributed by atoms with E-state index in [1.807, 2.05) is 19.1 Å². The van der Waals surface area contributed by atoms with E-state index in [1.54, 1.807) is 43.3 Å². The Morgan fingerprint density at radius 3 is 2.43 bits per heavy atom. The van der Waals surface area contributed by atoms with Crippen LogP contribution in [0.4, 0.5) is 0 Å². The lowest BCUT2D eigenvalue weighted by Gasteiger charge is -2.34. The normalized spacial score (nSPS) is 15.5. The van der Waals surface area contributed by atoms with Crippen molar-refractivity contribution in [2.75, 3.05) is 33.3 Å². The van der Waals surface area contributed by atoms with E-state index in [9.17, 15) is 13.2 Å². The smallest absolute Gasteiger partial charge is 0.243 e. The monoisotopic (exact) mass is 403 g/mol. The third-order valence-electron chi connectivity index (χ3n) is 4.96. The zero-order chi connectivity index (χ0) is 20.3. The van der Waals surface area contributed by atoms with Gasteiger partial charge in [0, 0.05) is 38.1 Å². The van der Waals surface area contributed by atoms with Crippen molar-refractivity contribution in [3.05, 3.63) is 53.3 Å². The van der Waals surface area contributed by atoms with Gasteiger partial charge in [0.25, 0.3) is 0 Å². The molecule has 2 aromatic rings. The van der Waals surface area contributed by atoms with E-state index in [0.717, 1.165) is 5.56 Å². The van der Waals surface area contributed by atoms with Crippen molar-refractivity contribution in [1.29, 1.82) is 0 Å². The number of benzene rings is 1. The SMILES string of the molecule is COc1cc(C)c(S(=O)(=O)N2CCN(C(=O)Cc3ccccn3)CC2)cc1C. The summed E-state index contributed by atoms with van der Waals surface area (Å²) in [4.78, 5) is 18.6. The second-order valence-corrected chi connectivity index (χ2v) is 8.78. The van der Waals surface area contributed by atoms with Gasteiger partial charge in [-0.15, -0.1) is 0 Å². The lowest BCUT2D eigenvalue weighted by molar-refractivity contribution is -0.131. The van der Waals surface area contributed by atoms with Gasteiger partial charge in [-0.3, -0.25) is 9.78 Å². The lowest BCUT2D eigenvalue weighted by Crippen LogP contribution is -2.51. The molecule has 1 aromatic heterocycles. The molecule has 1 saturated heterocycles. The first-order valence-electron chi connectivity index (χ1n) is 9.16. The predicted octanol–water partition coefficient (Wildman–Crippen LogP) is 1.78. The van der Waals surface area contributed by atoms with E-state index in [0.29, 0.717) is 35.0 Å². The molecule has 1 fully saturated rings. The summed E-state index contributed by atoms with van der Waals surface area (Å²) in [6.45, 7) is 4.90. The topological polar surface area (TPSA) is 79.8 Å². The molecule has 28 heavy (non-hydrogen) atoms. The molecule has 7 nitrogen and oxygen atoms in total. The number of rotatable bonds is 5. The minimum absolute atomic E-state index is 0.0350. The fraction of sp³-hybridized carbons (Fsp3) is 0.400. The van der Waals surface area contributed by atoms with Crippen LogP contribution in [0, 0.1) is 13.8 Å². The maximum Gasteiger partial charge on any atom is 0.243 e. The van der Waals surface area contributed by atoms with Crippen molar-refractivity contribution >= 4 is 15.9 Å². The molecule has 1 aromatic carbocycles. The van der Waals surface area contributed by atoms with Crippen LogP contribution < -0.4 is 4.74 Å². The average Bonchev–Trinajstić information content (AvgIpc) is 2.70. The molecule has 1 aliphatic rings. The van der Waals surface area contributed by atoms with E-state index in [4.69, 9.17) is 4.74 Å². The Labute approximate surface area is 166 Å². The molecular formula is C20H25N3O4S. The Balaban J connectivity index is 1.69. The molecule has 0 radical (unpaired) electrons. The summed E-state index contributed by atoms with van der Waals surface area (Å²) in [7, 11) is -2.05. The molecule has 0 N–H and O–H groups in total. The molecule has 0 saturated carbocycles. The quantitative estimate of drug-likeness (QED) is 0.760. The summed E-state index contributed by atoms with van der Waals surface area (Å²) in [6.07, 6.45) is 1.89. The number of hydrogen-bond donors (Lipinski definition) is 0. The maximum atomic E-state index is 13.1. The molecule has 0 unspecified atom stereocenters. The second kappa shape index (κ2) is 8.28. The van der Waals surface area contributed by atoms with Gasteiger partial charge in [-0.25, -0.2) is 8.42 Å². The van der Waals surface area contributed by atoms with Gasteiger partial charge in [0.05, 0.1) is 18.4 Å². The number of hydrogen-bond acceptors (Lipinski definition) is 5. The standard InChI is InChI=1S/C20H25N3O4S/c1-15-13-19(16(2)12-18(15)27-3)28(25,26)23-10-8-22(9-11-23)20(24)14-17-6-4-5-7-21-17/h4-7,12-13H,8-11,14H2,1-3H3. The van der Waals surface area contributed by atoms with Gasteiger partial charge in [0.1, 0.15) is 5.75 Å². The van der Waals surface area contributed by atoms with Crippen molar-refractivity contribution in [3.63, 3.8) is 0 Å². The van der Waals surface area contributed by atoms with E-state index >= 15 is 0 Å². The summed E-state index contributed by atoms with van der Waals surface area (Å²) in [5.41, 5.74) is 2.14. The molecule has 1 amide bonds. The third-order valence-corrected chi connectivity index (χ3v) is 7.00. The highest BCUT2D eigenvalue weighted by Gasteiger charge is 2.31. The number of aryl methyl sites for hydroxylation is 2. The van der Waals surface area contributed by atoms with Crippen LogP contribution in [-0.4, -0.2) is 61.8 Å². The number of amides is 1. The highest BCUT2D eigenvalue weighted by atomic mass is 32.2. The molecule has 0 spiro atoms. The van der Waals surface area contributed by atoms with Gasteiger partial charge in [-0.1, -0.05) is 6.07 Å². The number of pyridine rings is 1. The Morgan fingerprint density at radius 1 is 1.11 bits per heavy atom. The molecule has 0 bridgehead atoms. The van der Waals surface area contributed by atoms with Crippen LogP contribution >= 0.6 is 0 Å². The van der Waals surface area contributed by atoms with Crippen molar-refractivity contribution in [2.45, 2.75) is 25.2 Å². The van der Waals surface area contributed by atoms with Crippen LogP contribution in [0.1, 0.15) is 16.8 Å². The number of sulfonamides is 1. The minimum atomic E-state index is -3.62. The first-order chi connectivity index (χ1) is 13.3. The Kier molecular flexibility index (Phi) is 6.00. The van der Waals surface area contributed by atoms with Crippen LogP contribution in [-0.2, 0) is 21.2 Å². The Bertz CT molecular complexity index is 953. The van der Waals surface area contributed by atoms with Gasteiger partial charge >= 0.3 is 0 Å². The largest absolute Gasteiger partial charge is 0.496 e. The maximum absolute atomic E-state index is 13.1. The lowest BCUT2D eigenvalue weighted by atomic mass is 10.1. The number of methoxy groups -OCH3 is 1. The zero-order valence-corrected chi connectivity index (χ0v) is 17.2. The van der Waals surface area contributed by atoms with Crippen molar-refractivity contribution in [2.24, 2.45) is 0 Å². The highest BCUT2D eigenvalue weighted by Crippen LogP contribution is 2.28. The number of carbonyl (C=O) groups is 1. The van der Waals surface area contributed by atoms with Gasteiger partial charge in [0.15, 0.2) is 0 Å². The molecule has 0 atom stereocenters. The summed E-state index contributed by atoms with van der Waals surface area (Å²) < 4.78 is 32.9. The van der Waals surface area contributed by atoms with Crippen molar-refractivity contribution in [1.82, 2.24) is 14.2 Å². The average molecular weight is 404 g/mol. The summed E-state index contributed by atoms with van der Waals surface area (Å²) >= 11 is 0. The third kappa shape index (κ3) is 4.18. The number of carbonyl (C=O) groups excluding carboxylic acids is 1. The zero-order valence-electron chi connectivity index (χ0n) is 16.4. The number of nitrogens with zero attached hydrogens (tertiary/aromatic N) is 3. The fourth-order valence-electron chi connectivity index (χ4n) is 3.35. The Morgan fingerprint density at radius 2 is 1.82 bits per heavy atom. The fourth-order valence-corrected chi connectivity index (χ4v) is 5.06. The highest BCUT2D eigenvalue weighted by molar-refractivity contribution is 7.89. The van der Waals surface area contributed by atoms with E-state index < -0.39 is 10.0 Å². The molecule has 8 heteroatoms. The summed E-state index contributed by atoms with van der Waals surface area (Å²) in [5.74, 6) is 0.633. The second-order valence-electron chi connectivity index (χ2n) is 6.87. The van der Waals surface area contributed by atoms with Crippen LogP contribution in [0.5, 0.6) is 5.75 Å². The molecule has 150 valence electrons. The van der Waals surface area contributed by atoms with Gasteiger partial charge in [0.2, 0.25) is 15.9 Å². The minimum Gasteiger partial charge on any atom is -0.496 e. The van der Waals surface area contributed by atoms with E-state index in [2.05, 4.69) is 4.98 Å². The molecule has 3 rings (SSSR count). The predicted molar refractivity (Wildman–Crippen MR) is 106 cm³/mol. The summed E-state index contributed by atoms with van der Waals surface area (Å²) in [5, 5.41) is 0. The van der Waals surface area contributed by atoms with E-state index in [1.165, 1.54) is 4.31 Å². The van der Waals surface area contributed by atoms with Crippen LogP contribution in [0.25, 0.3) is 0 Å². The molecule has 0 aliphatic carbocycles. The first-order valence-corrected chi connectivity index (χ1v) is 10.6. The molecule has 2 heterocycles. The van der Waals surface area contributed by atoms with Gasteiger partial charge < -0.3 is 9.64 Å². The van der Waals surface area contributed by atoms with E-state index in [-0.39, 0.29) is 25.4 Å². The molecule has 1 aliphatic heterocycles. The molecular weight excluding hydrogens is 378 g/mol. The number of aromatic nitrogens is 1. The van der Waals surface area contributed by atoms with Gasteiger partial charge in [-0.05, 0) is 49.2 Å². The number of ether oxygens (including phenoxy) is 1. The summed E-state index contributed by atoms with van der Waals surface area (Å²) in [6, 6.07) is 8.87. The van der Waals surface area contributed by atoms with Crippen molar-refractivity contribution in [3.8, 4) is 5.75 Å². The Hall–Kier alpha value is -2.45. The van der Waals surface area contributed by atoms with Gasteiger partial charge in [-0.2, -0.15) is 4.31 Å².